The normalized spacial score (nSPS) is 12.0. The van der Waals surface area contributed by atoms with Crippen LogP contribution in [0.15, 0.2) is 176 Å². The van der Waals surface area contributed by atoms with Crippen molar-refractivity contribution in [2.45, 2.75) is 66.2 Å². The van der Waals surface area contributed by atoms with Crippen LogP contribution in [-0.2, 0) is 10.8 Å². The van der Waals surface area contributed by atoms with E-state index < -0.39 is 0 Å². The van der Waals surface area contributed by atoms with Gasteiger partial charge in [-0.25, -0.2) is 4.98 Å². The molecule has 0 amide bonds. The van der Waals surface area contributed by atoms with Crippen molar-refractivity contribution in [3.63, 3.8) is 0 Å². The van der Waals surface area contributed by atoms with Gasteiger partial charge in [0.1, 0.15) is 5.75 Å². The highest BCUT2D eigenvalue weighted by Gasteiger charge is 2.23. The van der Waals surface area contributed by atoms with Crippen molar-refractivity contribution in [3.05, 3.63) is 199 Å². The van der Waals surface area contributed by atoms with Gasteiger partial charge >= 0.3 is 0 Å². The molecule has 4 aromatic heterocycles. The molecule has 0 bridgehead atoms. The maximum Gasteiger partial charge on any atom is 0.124 e. The van der Waals surface area contributed by atoms with Crippen LogP contribution in [0.1, 0.15) is 64.1 Å². The third-order valence-electron chi connectivity index (χ3n) is 12.7. The Labute approximate surface area is 388 Å². The minimum absolute atomic E-state index is 0.0472. The van der Waals surface area contributed by atoms with E-state index in [4.69, 9.17) is 9.97 Å². The lowest BCUT2D eigenvalue weighted by atomic mass is 9.79. The average molecular weight is 859 g/mol. The highest BCUT2D eigenvalue weighted by molar-refractivity contribution is 6.14. The number of para-hydroxylation sites is 3. The molecule has 0 fully saturated rings. The van der Waals surface area contributed by atoms with E-state index in [1.807, 2.05) is 24.4 Å². The molecule has 6 aromatic carbocycles. The van der Waals surface area contributed by atoms with Crippen LogP contribution in [0.25, 0.3) is 94.6 Å². The van der Waals surface area contributed by atoms with Gasteiger partial charge in [0.2, 0.25) is 0 Å². The fourth-order valence-electron chi connectivity index (χ4n) is 9.27. The number of aromatic hydroxyl groups is 1. The van der Waals surface area contributed by atoms with E-state index >= 15 is 0 Å². The van der Waals surface area contributed by atoms with Crippen molar-refractivity contribution >= 4 is 21.8 Å². The van der Waals surface area contributed by atoms with Crippen LogP contribution in [0, 0.1) is 13.8 Å². The lowest BCUT2D eigenvalue weighted by Gasteiger charge is -2.26. The van der Waals surface area contributed by atoms with Gasteiger partial charge in [-0.3, -0.25) is 9.97 Å². The third-order valence-corrected chi connectivity index (χ3v) is 12.7. The van der Waals surface area contributed by atoms with E-state index in [2.05, 4.69) is 211 Å². The first-order chi connectivity index (χ1) is 31.7. The third kappa shape index (κ3) is 8.07. The largest absolute Gasteiger partial charge is 0.507 e. The number of phenols is 1. The minimum atomic E-state index is -0.0472. The van der Waals surface area contributed by atoms with Gasteiger partial charge in [0.15, 0.2) is 0 Å². The first-order valence-electron chi connectivity index (χ1n) is 22.8. The van der Waals surface area contributed by atoms with Crippen LogP contribution in [0.5, 0.6) is 5.75 Å². The molecule has 0 radical (unpaired) electrons. The molecule has 66 heavy (non-hydrogen) atoms. The summed E-state index contributed by atoms with van der Waals surface area (Å²) in [7, 11) is 0. The Balaban J connectivity index is 1.10. The number of hydrogen-bond donors (Lipinski definition) is 1. The second-order valence-corrected chi connectivity index (χ2v) is 19.7. The molecule has 324 valence electrons. The van der Waals surface area contributed by atoms with Crippen molar-refractivity contribution in [2.75, 3.05) is 0 Å². The average Bonchev–Trinajstić information content (AvgIpc) is 3.65. The second-order valence-electron chi connectivity index (χ2n) is 19.7. The van der Waals surface area contributed by atoms with Gasteiger partial charge in [-0.05, 0) is 136 Å². The van der Waals surface area contributed by atoms with E-state index in [1.165, 1.54) is 21.9 Å². The molecule has 10 aromatic rings. The van der Waals surface area contributed by atoms with E-state index in [9.17, 15) is 5.11 Å². The molecule has 1 N–H and O–H groups in total. The molecule has 5 heteroatoms. The number of aryl methyl sites for hydroxylation is 2. The van der Waals surface area contributed by atoms with Gasteiger partial charge < -0.3 is 9.67 Å². The van der Waals surface area contributed by atoms with Crippen LogP contribution < -0.4 is 0 Å². The monoisotopic (exact) mass is 858 g/mol. The fourth-order valence-corrected chi connectivity index (χ4v) is 9.27. The Kier molecular flexibility index (Phi) is 10.5. The summed E-state index contributed by atoms with van der Waals surface area (Å²) in [5.74, 6) is 0.197. The summed E-state index contributed by atoms with van der Waals surface area (Å²) in [4.78, 5) is 14.9. The van der Waals surface area contributed by atoms with Crippen LogP contribution >= 0.6 is 0 Å². The number of pyridine rings is 3. The summed E-state index contributed by atoms with van der Waals surface area (Å²) >= 11 is 0. The SMILES string of the molecule is Cc1cc(-c2cccc(-n3c4ccccc4c4cccc(-c5ccnc(-c6cccc(-c7cc(-c8cc(C(C)(C)C)cc(C(C)(C)C)c8)cc(-c8ccccc8O)n7)c6)c5)c43)c2)cc(C)n1. The van der Waals surface area contributed by atoms with Crippen LogP contribution in [0.3, 0.4) is 0 Å². The van der Waals surface area contributed by atoms with Gasteiger partial charge in [-0.1, -0.05) is 139 Å². The predicted molar refractivity (Wildman–Crippen MR) is 275 cm³/mol. The number of aromatic nitrogens is 4. The summed E-state index contributed by atoms with van der Waals surface area (Å²) in [6.07, 6.45) is 1.92. The molecule has 0 aliphatic carbocycles. The number of rotatable bonds is 7. The van der Waals surface area contributed by atoms with Crippen molar-refractivity contribution in [2.24, 2.45) is 0 Å². The van der Waals surface area contributed by atoms with Crippen LogP contribution in [0.2, 0.25) is 0 Å². The number of benzene rings is 6. The van der Waals surface area contributed by atoms with Crippen molar-refractivity contribution < 1.29 is 5.11 Å². The molecule has 0 spiro atoms. The number of hydrogen-bond acceptors (Lipinski definition) is 4. The molecule has 0 saturated heterocycles. The standard InChI is InChI=1S/C61H54N4O/c1-38-28-44(29-39(2)63-38)40-16-14-19-49(33-40)65-57-24-11-9-20-51(57)52-23-15-22-50(59(52)65)41-26-27-62-54(34-41)42-17-13-18-43(30-42)55-35-46(36-56(64-55)53-21-10-12-25-58(53)66)45-31-47(60(3,4)5)37-48(32-45)61(6,7)8/h9-37,66H,1-8H3. The van der Waals surface area contributed by atoms with Gasteiger partial charge in [0, 0.05) is 56.3 Å². The Morgan fingerprint density at radius 3 is 1.74 bits per heavy atom. The van der Waals surface area contributed by atoms with Crippen molar-refractivity contribution in [3.8, 4) is 78.6 Å². The first-order valence-corrected chi connectivity index (χ1v) is 22.8. The van der Waals surface area contributed by atoms with Crippen LogP contribution in [0.4, 0.5) is 0 Å². The van der Waals surface area contributed by atoms with Crippen LogP contribution in [-0.4, -0.2) is 24.6 Å². The molecule has 0 unspecified atom stereocenters. The Hall–Kier alpha value is -7.63. The molecule has 0 aliphatic heterocycles. The summed E-state index contributed by atoms with van der Waals surface area (Å²) in [5, 5.41) is 13.5. The molecular weight excluding hydrogens is 805 g/mol. The van der Waals surface area contributed by atoms with Crippen molar-refractivity contribution in [1.82, 2.24) is 19.5 Å². The Bertz CT molecular complexity index is 3440. The molecular formula is C61H54N4O. The quantitative estimate of drug-likeness (QED) is 0.173. The topological polar surface area (TPSA) is 63.8 Å². The first kappa shape index (κ1) is 42.3. The molecule has 4 heterocycles. The van der Waals surface area contributed by atoms with Gasteiger partial charge in [-0.2, -0.15) is 0 Å². The molecule has 0 aliphatic rings. The van der Waals surface area contributed by atoms with Gasteiger partial charge in [0.25, 0.3) is 0 Å². The summed E-state index contributed by atoms with van der Waals surface area (Å²) < 4.78 is 2.41. The maximum absolute atomic E-state index is 11.1. The number of nitrogens with zero attached hydrogens (tertiary/aromatic N) is 4. The zero-order chi connectivity index (χ0) is 45.9. The van der Waals surface area contributed by atoms with Gasteiger partial charge in [-0.15, -0.1) is 0 Å². The number of phenolic OH excluding ortho intramolecular Hbond substituents is 1. The summed E-state index contributed by atoms with van der Waals surface area (Å²) in [6, 6.07) is 60.0. The van der Waals surface area contributed by atoms with Crippen molar-refractivity contribution in [1.29, 1.82) is 0 Å². The second kappa shape index (κ2) is 16.4. The predicted octanol–water partition coefficient (Wildman–Crippen LogP) is 15.9. The maximum atomic E-state index is 11.1. The van der Waals surface area contributed by atoms with E-state index in [-0.39, 0.29) is 16.6 Å². The zero-order valence-electron chi connectivity index (χ0n) is 39.0. The van der Waals surface area contributed by atoms with E-state index in [1.54, 1.807) is 6.07 Å². The van der Waals surface area contributed by atoms with E-state index in [0.29, 0.717) is 11.3 Å². The minimum Gasteiger partial charge on any atom is -0.507 e. The lowest BCUT2D eigenvalue weighted by molar-refractivity contribution is 0.477. The zero-order valence-corrected chi connectivity index (χ0v) is 39.0. The smallest absolute Gasteiger partial charge is 0.124 e. The summed E-state index contributed by atoms with van der Waals surface area (Å²) in [6.45, 7) is 17.7. The molecule has 0 atom stereocenters. The molecule has 0 saturated carbocycles. The van der Waals surface area contributed by atoms with E-state index in [0.717, 1.165) is 84.0 Å². The Morgan fingerprint density at radius 2 is 1.00 bits per heavy atom. The number of fused-ring (bicyclic) bond motifs is 3. The molecule has 10 rings (SSSR count). The Morgan fingerprint density at radius 1 is 0.424 bits per heavy atom. The summed E-state index contributed by atoms with van der Waals surface area (Å²) in [5.41, 5.74) is 19.6. The fraction of sp³-hybridized carbons (Fsp3) is 0.164. The molecule has 5 nitrogen and oxygen atoms in total. The highest BCUT2D eigenvalue weighted by Crippen LogP contribution is 2.41. The lowest BCUT2D eigenvalue weighted by Crippen LogP contribution is -2.16. The van der Waals surface area contributed by atoms with Gasteiger partial charge in [0.05, 0.1) is 28.1 Å². The highest BCUT2D eigenvalue weighted by atomic mass is 16.3.